The zero-order valence-electron chi connectivity index (χ0n) is 11.7. The Balaban J connectivity index is 2.56. The van der Waals surface area contributed by atoms with Crippen molar-refractivity contribution in [2.45, 2.75) is 58.3 Å². The van der Waals surface area contributed by atoms with E-state index >= 15 is 0 Å². The highest BCUT2D eigenvalue weighted by Crippen LogP contribution is 2.20. The van der Waals surface area contributed by atoms with Gasteiger partial charge >= 0.3 is 0 Å². The molecule has 1 rings (SSSR count). The van der Waals surface area contributed by atoms with E-state index < -0.39 is 0 Å². The fourth-order valence-corrected chi connectivity index (χ4v) is 1.89. The highest BCUT2D eigenvalue weighted by Gasteiger charge is 2.06. The third-order valence-corrected chi connectivity index (χ3v) is 3.18. The summed E-state index contributed by atoms with van der Waals surface area (Å²) in [7, 11) is 0. The maximum absolute atomic E-state index is 5.89. The lowest BCUT2D eigenvalue weighted by atomic mass is 10.1. The Kier molecular flexibility index (Phi) is 7.11. The second-order valence-corrected chi connectivity index (χ2v) is 5.20. The Hall–Kier alpha value is -0.760. The maximum atomic E-state index is 5.89. The van der Waals surface area contributed by atoms with Gasteiger partial charge in [0, 0.05) is 17.6 Å². The van der Waals surface area contributed by atoms with E-state index in [1.54, 1.807) is 0 Å². The topological polar surface area (TPSA) is 22.1 Å². The molecule has 0 radical (unpaired) electrons. The molecule has 0 saturated carbocycles. The number of rotatable bonds is 8. The number of alkyl halides is 1. The van der Waals surface area contributed by atoms with Crippen molar-refractivity contribution in [3.63, 3.8) is 0 Å². The van der Waals surface area contributed by atoms with Crippen LogP contribution in [-0.4, -0.2) is 11.6 Å². The van der Waals surface area contributed by atoms with Crippen LogP contribution in [0.25, 0.3) is 0 Å². The molecule has 2 nitrogen and oxygen atoms in total. The van der Waals surface area contributed by atoms with Crippen molar-refractivity contribution in [3.05, 3.63) is 23.4 Å². The lowest BCUT2D eigenvalue weighted by Gasteiger charge is -2.11. The van der Waals surface area contributed by atoms with Gasteiger partial charge in [-0.05, 0) is 24.0 Å². The summed E-state index contributed by atoms with van der Waals surface area (Å²) in [4.78, 5) is 4.52. The van der Waals surface area contributed by atoms with Gasteiger partial charge in [-0.2, -0.15) is 0 Å². The third-order valence-electron chi connectivity index (χ3n) is 2.88. The Morgan fingerprint density at radius 2 is 2.00 bits per heavy atom. The molecule has 1 aromatic heterocycles. The van der Waals surface area contributed by atoms with Crippen LogP contribution in [0.5, 0.6) is 5.88 Å². The highest BCUT2D eigenvalue weighted by molar-refractivity contribution is 6.17. The van der Waals surface area contributed by atoms with Crippen LogP contribution in [0.15, 0.2) is 12.1 Å². The minimum Gasteiger partial charge on any atom is -0.478 e. The second kappa shape index (κ2) is 8.36. The average Bonchev–Trinajstić information content (AvgIpc) is 2.38. The van der Waals surface area contributed by atoms with Gasteiger partial charge in [0.05, 0.1) is 6.61 Å². The molecule has 0 amide bonds. The largest absolute Gasteiger partial charge is 0.478 e. The number of aromatic nitrogens is 1. The van der Waals surface area contributed by atoms with Gasteiger partial charge in [-0.15, -0.1) is 11.6 Å². The van der Waals surface area contributed by atoms with Gasteiger partial charge in [0.25, 0.3) is 0 Å². The Labute approximate surface area is 116 Å². The third kappa shape index (κ3) is 5.26. The first-order valence-electron chi connectivity index (χ1n) is 6.87. The summed E-state index contributed by atoms with van der Waals surface area (Å²) in [5.41, 5.74) is 2.13. The molecule has 0 spiro atoms. The zero-order chi connectivity index (χ0) is 13.4. The number of pyridine rings is 1. The molecule has 18 heavy (non-hydrogen) atoms. The Morgan fingerprint density at radius 3 is 2.61 bits per heavy atom. The van der Waals surface area contributed by atoms with Crippen LogP contribution in [0, 0.1) is 0 Å². The van der Waals surface area contributed by atoms with Crippen LogP contribution in [0.1, 0.15) is 63.6 Å². The monoisotopic (exact) mass is 269 g/mol. The highest BCUT2D eigenvalue weighted by atomic mass is 35.5. The number of halogens is 1. The van der Waals surface area contributed by atoms with E-state index in [0.29, 0.717) is 17.7 Å². The van der Waals surface area contributed by atoms with Crippen LogP contribution in [0.3, 0.4) is 0 Å². The summed E-state index contributed by atoms with van der Waals surface area (Å²) >= 11 is 5.89. The van der Waals surface area contributed by atoms with Crippen LogP contribution in [0.4, 0.5) is 0 Å². The first-order chi connectivity index (χ1) is 8.67. The van der Waals surface area contributed by atoms with E-state index in [0.717, 1.165) is 24.3 Å². The van der Waals surface area contributed by atoms with Crippen LogP contribution in [-0.2, 0) is 5.88 Å². The predicted octanol–water partition coefficient (Wildman–Crippen LogP) is 4.90. The molecular formula is C15H24ClNO. The van der Waals surface area contributed by atoms with E-state index in [4.69, 9.17) is 16.3 Å². The molecule has 0 aliphatic carbocycles. The van der Waals surface area contributed by atoms with Crippen molar-refractivity contribution in [1.82, 2.24) is 4.98 Å². The first-order valence-corrected chi connectivity index (χ1v) is 7.40. The smallest absolute Gasteiger partial charge is 0.213 e. The normalized spacial score (nSPS) is 10.9. The molecule has 0 N–H and O–H groups in total. The molecule has 0 fully saturated rings. The Morgan fingerprint density at radius 1 is 1.22 bits per heavy atom. The number of ether oxygens (including phenoxy) is 1. The first kappa shape index (κ1) is 15.3. The van der Waals surface area contributed by atoms with Crippen LogP contribution < -0.4 is 4.74 Å². The van der Waals surface area contributed by atoms with Gasteiger partial charge in [-0.1, -0.05) is 40.0 Å². The van der Waals surface area contributed by atoms with E-state index in [-0.39, 0.29) is 0 Å². The van der Waals surface area contributed by atoms with Gasteiger partial charge in [0.1, 0.15) is 0 Å². The number of hydrogen-bond acceptors (Lipinski definition) is 2. The van der Waals surface area contributed by atoms with Gasteiger partial charge in [0.2, 0.25) is 5.88 Å². The molecule has 0 unspecified atom stereocenters. The van der Waals surface area contributed by atoms with Gasteiger partial charge in [-0.25, -0.2) is 4.98 Å². The SMILES string of the molecule is CCCCCCOc1cc(CCl)cc(C(C)C)n1. The van der Waals surface area contributed by atoms with E-state index in [2.05, 4.69) is 31.8 Å². The quantitative estimate of drug-likeness (QED) is 0.494. The maximum Gasteiger partial charge on any atom is 0.213 e. The van der Waals surface area contributed by atoms with Crippen molar-refractivity contribution in [1.29, 1.82) is 0 Å². The van der Waals surface area contributed by atoms with Crippen molar-refractivity contribution >= 4 is 11.6 Å². The molecule has 0 bridgehead atoms. The van der Waals surface area contributed by atoms with Gasteiger partial charge in [0.15, 0.2) is 0 Å². The molecule has 0 aromatic carbocycles. The number of unbranched alkanes of at least 4 members (excludes halogenated alkanes) is 3. The van der Waals surface area contributed by atoms with Gasteiger partial charge in [-0.3, -0.25) is 0 Å². The number of nitrogens with zero attached hydrogens (tertiary/aromatic N) is 1. The molecule has 0 aliphatic heterocycles. The average molecular weight is 270 g/mol. The predicted molar refractivity (Wildman–Crippen MR) is 77.5 cm³/mol. The molecule has 1 heterocycles. The van der Waals surface area contributed by atoms with E-state index in [1.807, 2.05) is 6.07 Å². The standard InChI is InChI=1S/C15H24ClNO/c1-4-5-6-7-8-18-15-10-13(11-16)9-14(17-15)12(2)3/h9-10,12H,4-8,11H2,1-3H3. The summed E-state index contributed by atoms with van der Waals surface area (Å²) in [5, 5.41) is 0. The summed E-state index contributed by atoms with van der Waals surface area (Å²) < 4.78 is 5.72. The molecule has 3 heteroatoms. The molecular weight excluding hydrogens is 246 g/mol. The van der Waals surface area contributed by atoms with Crippen molar-refractivity contribution in [2.75, 3.05) is 6.61 Å². The summed E-state index contributed by atoms with van der Waals surface area (Å²) in [5.74, 6) is 1.62. The van der Waals surface area contributed by atoms with Crippen molar-refractivity contribution in [2.24, 2.45) is 0 Å². The van der Waals surface area contributed by atoms with Gasteiger partial charge < -0.3 is 4.74 Å². The number of hydrogen-bond donors (Lipinski definition) is 0. The summed E-state index contributed by atoms with van der Waals surface area (Å²) in [6.45, 7) is 7.22. The van der Waals surface area contributed by atoms with Crippen LogP contribution >= 0.6 is 11.6 Å². The molecule has 0 atom stereocenters. The fraction of sp³-hybridized carbons (Fsp3) is 0.667. The van der Waals surface area contributed by atoms with Crippen molar-refractivity contribution < 1.29 is 4.74 Å². The second-order valence-electron chi connectivity index (χ2n) is 4.94. The lowest BCUT2D eigenvalue weighted by molar-refractivity contribution is 0.292. The molecule has 102 valence electrons. The van der Waals surface area contributed by atoms with Crippen LogP contribution in [0.2, 0.25) is 0 Å². The van der Waals surface area contributed by atoms with Crippen molar-refractivity contribution in [3.8, 4) is 5.88 Å². The summed E-state index contributed by atoms with van der Waals surface area (Å²) in [6, 6.07) is 4.00. The zero-order valence-corrected chi connectivity index (χ0v) is 12.5. The molecule has 1 aromatic rings. The molecule has 0 saturated heterocycles. The molecule has 0 aliphatic rings. The minimum atomic E-state index is 0.399. The fourth-order valence-electron chi connectivity index (χ4n) is 1.73. The minimum absolute atomic E-state index is 0.399. The summed E-state index contributed by atoms with van der Waals surface area (Å²) in [6.07, 6.45) is 4.84. The van der Waals surface area contributed by atoms with E-state index in [1.165, 1.54) is 19.3 Å². The van der Waals surface area contributed by atoms with E-state index in [9.17, 15) is 0 Å². The Bertz CT molecular complexity index is 352. The lowest BCUT2D eigenvalue weighted by Crippen LogP contribution is -2.03.